The highest BCUT2D eigenvalue weighted by Gasteiger charge is 2.13. The zero-order valence-electron chi connectivity index (χ0n) is 12.1. The lowest BCUT2D eigenvalue weighted by Gasteiger charge is -2.25. The minimum atomic E-state index is -0.831. The van der Waals surface area contributed by atoms with Crippen molar-refractivity contribution in [2.75, 3.05) is 29.9 Å². The first kappa shape index (κ1) is 15.2. The van der Waals surface area contributed by atoms with Gasteiger partial charge in [-0.1, -0.05) is 25.0 Å². The number of hydrogen-bond acceptors (Lipinski definition) is 4. The Morgan fingerprint density at radius 2 is 1.76 bits per heavy atom. The first-order valence-electron chi connectivity index (χ1n) is 7.34. The third kappa shape index (κ3) is 4.66. The van der Waals surface area contributed by atoms with Gasteiger partial charge in [0.15, 0.2) is 0 Å². The van der Waals surface area contributed by atoms with Gasteiger partial charge in [-0.05, 0) is 25.0 Å². The number of carbonyl (C=O) groups is 2. The third-order valence-corrected chi connectivity index (χ3v) is 3.55. The quantitative estimate of drug-likeness (QED) is 0.787. The molecule has 1 fully saturated rings. The van der Waals surface area contributed by atoms with E-state index in [0.29, 0.717) is 0 Å². The molecule has 1 aliphatic heterocycles. The number of benzene rings is 1. The predicted molar refractivity (Wildman–Crippen MR) is 83.3 cm³/mol. The van der Waals surface area contributed by atoms with E-state index in [-0.39, 0.29) is 6.54 Å². The lowest BCUT2D eigenvalue weighted by atomic mass is 10.2. The molecule has 0 spiro atoms. The average Bonchev–Trinajstić information content (AvgIpc) is 2.74. The second-order valence-corrected chi connectivity index (χ2v) is 5.18. The summed E-state index contributed by atoms with van der Waals surface area (Å²) in [6.07, 6.45) is 4.92. The molecule has 2 rings (SSSR count). The van der Waals surface area contributed by atoms with E-state index >= 15 is 0 Å². The summed E-state index contributed by atoms with van der Waals surface area (Å²) in [5.74, 6) is -0.437. The van der Waals surface area contributed by atoms with E-state index in [1.165, 1.54) is 25.7 Å². The van der Waals surface area contributed by atoms with Crippen molar-refractivity contribution >= 4 is 23.3 Å². The number of nitrogens with zero attached hydrogens (tertiary/aromatic N) is 1. The van der Waals surface area contributed by atoms with Gasteiger partial charge in [0, 0.05) is 13.1 Å². The van der Waals surface area contributed by atoms with Crippen molar-refractivity contribution in [1.29, 1.82) is 0 Å². The number of para-hydroxylation sites is 2. The predicted octanol–water partition coefficient (Wildman–Crippen LogP) is 1.67. The molecule has 0 radical (unpaired) electrons. The fourth-order valence-corrected chi connectivity index (χ4v) is 2.57. The summed E-state index contributed by atoms with van der Waals surface area (Å²) in [6, 6.07) is 7.09. The van der Waals surface area contributed by atoms with Crippen molar-refractivity contribution in [2.24, 2.45) is 5.73 Å². The molecule has 0 saturated carbocycles. The number of rotatable bonds is 4. The van der Waals surface area contributed by atoms with Crippen molar-refractivity contribution < 1.29 is 9.59 Å². The van der Waals surface area contributed by atoms with Crippen molar-refractivity contribution in [3.8, 4) is 0 Å². The van der Waals surface area contributed by atoms with Gasteiger partial charge < -0.3 is 16.0 Å². The Balaban J connectivity index is 2.02. The lowest BCUT2D eigenvalue weighted by Crippen LogP contribution is -2.38. The van der Waals surface area contributed by atoms with Crippen LogP contribution in [0.1, 0.15) is 25.7 Å². The lowest BCUT2D eigenvalue weighted by molar-refractivity contribution is -0.118. The molecule has 0 unspecified atom stereocenters. The zero-order chi connectivity index (χ0) is 15.1. The minimum Gasteiger partial charge on any atom is -0.374 e. The van der Waals surface area contributed by atoms with Crippen molar-refractivity contribution in [3.63, 3.8) is 0 Å². The number of nitrogens with two attached hydrogens (primary N) is 1. The van der Waals surface area contributed by atoms with E-state index in [1.807, 2.05) is 23.5 Å². The third-order valence-electron chi connectivity index (χ3n) is 3.55. The molecule has 21 heavy (non-hydrogen) atoms. The molecule has 1 aromatic carbocycles. The molecule has 114 valence electrons. The van der Waals surface area contributed by atoms with Gasteiger partial charge in [-0.25, -0.2) is 4.79 Å². The van der Waals surface area contributed by atoms with E-state index in [2.05, 4.69) is 16.3 Å². The summed E-state index contributed by atoms with van der Waals surface area (Å²) in [7, 11) is 0. The second kappa shape index (κ2) is 7.52. The normalized spacial score (nSPS) is 15.1. The van der Waals surface area contributed by atoms with Crippen LogP contribution < -0.4 is 21.3 Å². The fourth-order valence-electron chi connectivity index (χ4n) is 2.57. The number of urea groups is 1. The highest BCUT2D eigenvalue weighted by Crippen LogP contribution is 2.27. The van der Waals surface area contributed by atoms with Gasteiger partial charge in [0.2, 0.25) is 5.91 Å². The van der Waals surface area contributed by atoms with E-state index in [9.17, 15) is 9.59 Å². The Labute approximate surface area is 124 Å². The van der Waals surface area contributed by atoms with E-state index < -0.39 is 11.9 Å². The fraction of sp³-hybridized carbons (Fsp3) is 0.467. The van der Waals surface area contributed by atoms with E-state index in [0.717, 1.165) is 24.5 Å². The van der Waals surface area contributed by atoms with Gasteiger partial charge in [-0.2, -0.15) is 0 Å². The number of amides is 3. The van der Waals surface area contributed by atoms with Crippen molar-refractivity contribution in [3.05, 3.63) is 24.3 Å². The minimum absolute atomic E-state index is 0.0216. The molecule has 1 aromatic rings. The van der Waals surface area contributed by atoms with Gasteiger partial charge in [0.1, 0.15) is 0 Å². The van der Waals surface area contributed by atoms with Gasteiger partial charge >= 0.3 is 6.03 Å². The standard InChI is InChI=1S/C15H22N4O2/c16-15(21)18-14(20)11-17-12-7-3-4-8-13(12)19-9-5-1-2-6-10-19/h3-4,7-8,17H,1-2,5-6,9-11H2,(H3,16,18,20,21). The number of imide groups is 1. The molecule has 6 nitrogen and oxygen atoms in total. The molecule has 1 aliphatic rings. The molecule has 0 aromatic heterocycles. The van der Waals surface area contributed by atoms with Gasteiger partial charge in [-0.15, -0.1) is 0 Å². The molecule has 0 atom stereocenters. The largest absolute Gasteiger partial charge is 0.374 e. The average molecular weight is 290 g/mol. The highest BCUT2D eigenvalue weighted by atomic mass is 16.2. The van der Waals surface area contributed by atoms with E-state index in [4.69, 9.17) is 5.73 Å². The first-order chi connectivity index (χ1) is 10.2. The van der Waals surface area contributed by atoms with Crippen LogP contribution in [0.5, 0.6) is 0 Å². The molecule has 0 aliphatic carbocycles. The molecule has 0 bridgehead atoms. The van der Waals surface area contributed by atoms with Crippen LogP contribution in [-0.4, -0.2) is 31.6 Å². The summed E-state index contributed by atoms with van der Waals surface area (Å²) < 4.78 is 0. The number of carbonyl (C=O) groups excluding carboxylic acids is 2. The Morgan fingerprint density at radius 1 is 1.10 bits per heavy atom. The SMILES string of the molecule is NC(=O)NC(=O)CNc1ccccc1N1CCCCCC1. The van der Waals surface area contributed by atoms with Crippen molar-refractivity contribution in [2.45, 2.75) is 25.7 Å². The van der Waals surface area contributed by atoms with Gasteiger partial charge in [0.25, 0.3) is 0 Å². The van der Waals surface area contributed by atoms with Gasteiger partial charge in [-0.3, -0.25) is 10.1 Å². The number of nitrogens with one attached hydrogen (secondary N) is 2. The molecular formula is C15H22N4O2. The zero-order valence-corrected chi connectivity index (χ0v) is 12.1. The molecule has 6 heteroatoms. The Bertz CT molecular complexity index is 496. The number of primary amides is 1. The van der Waals surface area contributed by atoms with Crippen LogP contribution in [0.25, 0.3) is 0 Å². The van der Waals surface area contributed by atoms with Crippen LogP contribution in [-0.2, 0) is 4.79 Å². The summed E-state index contributed by atoms with van der Waals surface area (Å²) in [6.45, 7) is 2.09. The monoisotopic (exact) mass is 290 g/mol. The van der Waals surface area contributed by atoms with Crippen LogP contribution in [0.3, 0.4) is 0 Å². The highest BCUT2D eigenvalue weighted by molar-refractivity contribution is 5.95. The topological polar surface area (TPSA) is 87.5 Å². The van der Waals surface area contributed by atoms with Crippen LogP contribution in [0.4, 0.5) is 16.2 Å². The maximum Gasteiger partial charge on any atom is 0.318 e. The van der Waals surface area contributed by atoms with Crippen LogP contribution in [0, 0.1) is 0 Å². The molecule has 1 heterocycles. The smallest absolute Gasteiger partial charge is 0.318 e. The number of anilines is 2. The Hall–Kier alpha value is -2.24. The summed E-state index contributed by atoms with van der Waals surface area (Å²) in [4.78, 5) is 24.5. The van der Waals surface area contributed by atoms with Crippen molar-refractivity contribution in [1.82, 2.24) is 5.32 Å². The molecule has 1 saturated heterocycles. The maximum absolute atomic E-state index is 11.5. The maximum atomic E-state index is 11.5. The Morgan fingerprint density at radius 3 is 2.43 bits per heavy atom. The molecule has 4 N–H and O–H groups in total. The molecular weight excluding hydrogens is 268 g/mol. The molecule has 3 amide bonds. The summed E-state index contributed by atoms with van der Waals surface area (Å²) in [5, 5.41) is 5.12. The Kier molecular flexibility index (Phi) is 5.43. The van der Waals surface area contributed by atoms with Crippen LogP contribution in [0.15, 0.2) is 24.3 Å². The van der Waals surface area contributed by atoms with Gasteiger partial charge in [0.05, 0.1) is 17.9 Å². The summed E-state index contributed by atoms with van der Waals surface area (Å²) in [5.41, 5.74) is 6.92. The van der Waals surface area contributed by atoms with Crippen LogP contribution in [0.2, 0.25) is 0 Å². The first-order valence-corrected chi connectivity index (χ1v) is 7.34. The second-order valence-electron chi connectivity index (χ2n) is 5.18. The van der Waals surface area contributed by atoms with E-state index in [1.54, 1.807) is 0 Å². The van der Waals surface area contributed by atoms with Crippen LogP contribution >= 0.6 is 0 Å². The number of hydrogen-bond donors (Lipinski definition) is 3. The summed E-state index contributed by atoms with van der Waals surface area (Å²) >= 11 is 0.